The topological polar surface area (TPSA) is 78.8 Å². The third kappa shape index (κ3) is 4.70. The Balaban J connectivity index is 1.48. The van der Waals surface area contributed by atoms with Crippen molar-refractivity contribution in [3.05, 3.63) is 30.1 Å². The molecule has 4 rings (SSSR count). The molecule has 1 saturated heterocycles. The molecule has 1 aromatic carbocycles. The van der Waals surface area contributed by atoms with Gasteiger partial charge in [-0.1, -0.05) is 33.1 Å². The smallest absolute Gasteiger partial charge is 0.282 e. The van der Waals surface area contributed by atoms with Crippen LogP contribution in [0, 0.1) is 17.6 Å². The number of rotatable bonds is 6. The van der Waals surface area contributed by atoms with Gasteiger partial charge >= 0.3 is 0 Å². The van der Waals surface area contributed by atoms with Crippen LogP contribution in [-0.4, -0.2) is 76.7 Å². The fraction of sp³-hybridized carbons (Fsp3) is 0.652. The van der Waals surface area contributed by atoms with Gasteiger partial charge in [0.25, 0.3) is 10.2 Å². The summed E-state index contributed by atoms with van der Waals surface area (Å²) in [5.74, 6) is -2.31. The summed E-state index contributed by atoms with van der Waals surface area (Å²) in [4.78, 5) is 19.3. The number of piperazine rings is 1. The number of hydrogen-bond acceptors (Lipinski definition) is 4. The summed E-state index contributed by atoms with van der Waals surface area (Å²) in [6, 6.07) is 1.45. The van der Waals surface area contributed by atoms with E-state index in [0.717, 1.165) is 44.2 Å². The summed E-state index contributed by atoms with van der Waals surface area (Å²) in [6.45, 7) is 4.76. The maximum atomic E-state index is 13.9. The predicted octanol–water partition coefficient (Wildman–Crippen LogP) is 3.17. The van der Waals surface area contributed by atoms with Crippen LogP contribution in [0.3, 0.4) is 0 Å². The number of carbonyl (C=O) groups is 1. The molecule has 34 heavy (non-hydrogen) atoms. The standard InChI is InChI=1S/C23H33F2N5O3S/c1-16(2)22(30-15-26-20-13-18(24)19(25)14-21(20)30)23(31)28-9-11-29(12-10-28)34(32,33)27(3)17-7-5-4-6-8-17/h13-17,22H,4-12H2,1-3H3. The Bertz CT molecular complexity index is 1140. The first kappa shape index (κ1) is 25.0. The number of amides is 1. The fourth-order valence-corrected chi connectivity index (χ4v) is 6.69. The minimum Gasteiger partial charge on any atom is -0.338 e. The van der Waals surface area contributed by atoms with Crippen molar-refractivity contribution >= 4 is 27.1 Å². The lowest BCUT2D eigenvalue weighted by atomic mass is 9.96. The maximum Gasteiger partial charge on any atom is 0.282 e. The Labute approximate surface area is 199 Å². The summed E-state index contributed by atoms with van der Waals surface area (Å²) >= 11 is 0. The second-order valence-corrected chi connectivity index (χ2v) is 11.6. The molecule has 2 aromatic rings. The number of aromatic nitrogens is 2. The molecule has 1 atom stereocenters. The third-order valence-corrected chi connectivity index (χ3v) is 9.17. The lowest BCUT2D eigenvalue weighted by Gasteiger charge is -2.40. The molecule has 188 valence electrons. The average molecular weight is 498 g/mol. The maximum absolute atomic E-state index is 13.9. The molecule has 2 fully saturated rings. The van der Waals surface area contributed by atoms with Gasteiger partial charge in [0.1, 0.15) is 6.04 Å². The number of benzene rings is 1. The molecular formula is C23H33F2N5O3S. The van der Waals surface area contributed by atoms with Crippen molar-refractivity contribution in [2.75, 3.05) is 33.2 Å². The Morgan fingerprint density at radius 1 is 1.06 bits per heavy atom. The molecule has 0 spiro atoms. The summed E-state index contributed by atoms with van der Waals surface area (Å²) < 4.78 is 58.4. The first-order chi connectivity index (χ1) is 16.1. The Hall–Kier alpha value is -2.11. The van der Waals surface area contributed by atoms with Gasteiger partial charge in [-0.25, -0.2) is 13.8 Å². The van der Waals surface area contributed by atoms with Gasteiger partial charge in [0.2, 0.25) is 5.91 Å². The highest BCUT2D eigenvalue weighted by molar-refractivity contribution is 7.86. The molecule has 1 aliphatic heterocycles. The van der Waals surface area contributed by atoms with E-state index in [9.17, 15) is 22.0 Å². The summed E-state index contributed by atoms with van der Waals surface area (Å²) in [5.41, 5.74) is 0.625. The van der Waals surface area contributed by atoms with Gasteiger partial charge in [-0.2, -0.15) is 17.0 Å². The number of imidazole rings is 1. The van der Waals surface area contributed by atoms with Gasteiger partial charge in [-0.3, -0.25) is 4.79 Å². The van der Waals surface area contributed by atoms with E-state index in [4.69, 9.17) is 0 Å². The Kier molecular flexibility index (Phi) is 7.25. The SMILES string of the molecule is CC(C)C(C(=O)N1CCN(S(=O)(=O)N(C)C2CCCCC2)CC1)n1cnc2cc(F)c(F)cc21. The zero-order valence-corrected chi connectivity index (χ0v) is 20.8. The van der Waals surface area contributed by atoms with E-state index in [1.54, 1.807) is 16.5 Å². The summed E-state index contributed by atoms with van der Waals surface area (Å²) in [5, 5.41) is 0. The van der Waals surface area contributed by atoms with E-state index in [0.29, 0.717) is 5.52 Å². The van der Waals surface area contributed by atoms with Crippen LogP contribution in [0.2, 0.25) is 0 Å². The largest absolute Gasteiger partial charge is 0.338 e. The van der Waals surface area contributed by atoms with E-state index in [2.05, 4.69) is 4.98 Å². The van der Waals surface area contributed by atoms with E-state index >= 15 is 0 Å². The molecule has 2 heterocycles. The first-order valence-corrected chi connectivity index (χ1v) is 13.3. The van der Waals surface area contributed by atoms with Crippen LogP contribution in [0.1, 0.15) is 52.0 Å². The van der Waals surface area contributed by atoms with Crippen LogP contribution >= 0.6 is 0 Å². The van der Waals surface area contributed by atoms with Gasteiger partial charge < -0.3 is 9.47 Å². The van der Waals surface area contributed by atoms with Crippen LogP contribution in [0.4, 0.5) is 8.78 Å². The van der Waals surface area contributed by atoms with Crippen molar-refractivity contribution < 1.29 is 22.0 Å². The lowest BCUT2D eigenvalue weighted by molar-refractivity contribution is -0.137. The van der Waals surface area contributed by atoms with Gasteiger partial charge in [-0.15, -0.1) is 0 Å². The Morgan fingerprint density at radius 2 is 1.68 bits per heavy atom. The molecule has 2 aliphatic rings. The molecule has 0 bridgehead atoms. The van der Waals surface area contributed by atoms with Gasteiger partial charge in [0, 0.05) is 51.4 Å². The summed E-state index contributed by atoms with van der Waals surface area (Å²) in [6.07, 6.45) is 6.44. The van der Waals surface area contributed by atoms with Crippen molar-refractivity contribution in [3.63, 3.8) is 0 Å². The van der Waals surface area contributed by atoms with Crippen molar-refractivity contribution in [1.82, 2.24) is 23.1 Å². The molecule has 8 nitrogen and oxygen atoms in total. The van der Waals surface area contributed by atoms with Crippen LogP contribution in [0.25, 0.3) is 11.0 Å². The van der Waals surface area contributed by atoms with E-state index in [1.807, 2.05) is 13.8 Å². The molecule has 1 saturated carbocycles. The van der Waals surface area contributed by atoms with Crippen LogP contribution < -0.4 is 0 Å². The molecule has 0 N–H and O–H groups in total. The van der Waals surface area contributed by atoms with Crippen molar-refractivity contribution in [2.45, 2.75) is 58.0 Å². The molecule has 1 unspecified atom stereocenters. The number of nitrogens with zero attached hydrogens (tertiary/aromatic N) is 5. The number of halogens is 2. The lowest BCUT2D eigenvalue weighted by Crippen LogP contribution is -2.56. The minimum absolute atomic E-state index is 0.0310. The molecule has 11 heteroatoms. The molecular weight excluding hydrogens is 464 g/mol. The van der Waals surface area contributed by atoms with Gasteiger partial charge in [0.05, 0.1) is 17.4 Å². The van der Waals surface area contributed by atoms with Crippen molar-refractivity contribution in [2.24, 2.45) is 5.92 Å². The minimum atomic E-state index is -3.59. The highest BCUT2D eigenvalue weighted by Gasteiger charge is 2.37. The van der Waals surface area contributed by atoms with E-state index in [1.165, 1.54) is 14.9 Å². The quantitative estimate of drug-likeness (QED) is 0.614. The monoisotopic (exact) mass is 497 g/mol. The van der Waals surface area contributed by atoms with Gasteiger partial charge in [-0.05, 0) is 18.8 Å². The highest BCUT2D eigenvalue weighted by Crippen LogP contribution is 2.29. The second-order valence-electron chi connectivity index (χ2n) is 9.64. The molecule has 0 radical (unpaired) electrons. The van der Waals surface area contributed by atoms with Crippen molar-refractivity contribution in [3.8, 4) is 0 Å². The third-order valence-electron chi connectivity index (χ3n) is 7.13. The highest BCUT2D eigenvalue weighted by atomic mass is 32.2. The number of hydrogen-bond donors (Lipinski definition) is 0. The molecule has 1 aliphatic carbocycles. The van der Waals surface area contributed by atoms with Crippen molar-refractivity contribution in [1.29, 1.82) is 0 Å². The van der Waals surface area contributed by atoms with E-state index < -0.39 is 27.9 Å². The first-order valence-electron chi connectivity index (χ1n) is 11.9. The number of carbonyl (C=O) groups excluding carboxylic acids is 1. The number of fused-ring (bicyclic) bond motifs is 1. The van der Waals surface area contributed by atoms with Crippen LogP contribution in [0.5, 0.6) is 0 Å². The average Bonchev–Trinajstić information content (AvgIpc) is 3.21. The predicted molar refractivity (Wildman–Crippen MR) is 125 cm³/mol. The Morgan fingerprint density at radius 3 is 2.29 bits per heavy atom. The zero-order valence-electron chi connectivity index (χ0n) is 20.0. The van der Waals surface area contributed by atoms with Crippen LogP contribution in [0.15, 0.2) is 18.5 Å². The zero-order chi connectivity index (χ0) is 24.6. The second kappa shape index (κ2) is 9.87. The normalized spacial score (nSPS) is 19.9. The summed E-state index contributed by atoms with van der Waals surface area (Å²) in [7, 11) is -1.94. The van der Waals surface area contributed by atoms with E-state index in [-0.39, 0.29) is 49.6 Å². The molecule has 1 amide bonds. The van der Waals surface area contributed by atoms with Crippen LogP contribution in [-0.2, 0) is 15.0 Å². The molecule has 1 aromatic heterocycles. The van der Waals surface area contributed by atoms with Gasteiger partial charge in [0.15, 0.2) is 11.6 Å². The fourth-order valence-electron chi connectivity index (χ4n) is 5.11.